The van der Waals surface area contributed by atoms with Gasteiger partial charge < -0.3 is 34.2 Å². The third kappa shape index (κ3) is 72.2. The summed E-state index contributed by atoms with van der Waals surface area (Å²) in [6.07, 6.45) is 87.2. The lowest BCUT2D eigenvalue weighted by atomic mass is 10.1. The van der Waals surface area contributed by atoms with Gasteiger partial charge in [-0.3, -0.25) is 32.5 Å². The first-order valence-corrected chi connectivity index (χ1v) is 39.8. The van der Waals surface area contributed by atoms with E-state index in [2.05, 4.69) is 179 Å². The van der Waals surface area contributed by atoms with Crippen molar-refractivity contribution in [3.63, 3.8) is 0 Å². The molecule has 5 atom stereocenters. The van der Waals surface area contributed by atoms with Gasteiger partial charge in [-0.05, 0) is 148 Å². The summed E-state index contributed by atoms with van der Waals surface area (Å²) in [6.45, 7) is 2.33. The zero-order valence-electron chi connectivity index (χ0n) is 59.9. The highest BCUT2D eigenvalue weighted by atomic mass is 31.2. The third-order valence-electron chi connectivity index (χ3n) is 14.7. The number of unbranched alkanes of at least 4 members (excludes halogenated alkanes) is 19. The summed E-state index contributed by atoms with van der Waals surface area (Å²) in [5.74, 6) is -1.66. The van der Waals surface area contributed by atoms with Crippen LogP contribution in [0.1, 0.15) is 265 Å². The number of hydrogen-bond donors (Lipinski definition) is 4. The van der Waals surface area contributed by atoms with Gasteiger partial charge in [0.05, 0.1) is 26.4 Å². The molecule has 0 aromatic heterocycles. The Labute approximate surface area is 587 Å². The largest absolute Gasteiger partial charge is 0.472 e. The van der Waals surface area contributed by atoms with E-state index in [1.54, 1.807) is 0 Å². The van der Waals surface area contributed by atoms with Gasteiger partial charge in [-0.15, -0.1) is 0 Å². The molecule has 97 heavy (non-hydrogen) atoms. The fraction of sp³-hybridized carbons (Fsp3) is 0.633. The highest BCUT2D eigenvalue weighted by Gasteiger charge is 2.29. The summed E-state index contributed by atoms with van der Waals surface area (Å²) < 4.78 is 61.0. The minimum Gasteiger partial charge on any atom is -0.463 e. The number of aliphatic hydroxyl groups excluding tert-OH is 2. The van der Waals surface area contributed by atoms with Crippen LogP contribution < -0.4 is 0 Å². The van der Waals surface area contributed by atoms with Gasteiger partial charge in [-0.25, -0.2) is 9.13 Å². The van der Waals surface area contributed by atoms with Crippen LogP contribution in [-0.4, -0.2) is 95.9 Å². The maximum atomic E-state index is 12.9. The second-order valence-corrected chi connectivity index (χ2v) is 26.9. The smallest absolute Gasteiger partial charge is 0.463 e. The second-order valence-electron chi connectivity index (χ2n) is 24.0. The molecule has 0 aromatic rings. The van der Waals surface area contributed by atoms with Crippen LogP contribution in [-0.2, 0) is 55.8 Å². The van der Waals surface area contributed by atoms with Crippen molar-refractivity contribution >= 4 is 33.6 Å². The molecule has 0 saturated carbocycles. The highest BCUT2D eigenvalue weighted by molar-refractivity contribution is 7.47. The Kier molecular flexibility index (Phi) is 67.5. The maximum absolute atomic E-state index is 12.9. The fourth-order valence-electron chi connectivity index (χ4n) is 9.16. The van der Waals surface area contributed by atoms with Gasteiger partial charge in [0.25, 0.3) is 0 Å². The Morgan fingerprint density at radius 1 is 0.299 bits per heavy atom. The first-order valence-electron chi connectivity index (χ1n) is 36.8. The zero-order chi connectivity index (χ0) is 70.9. The number of aliphatic hydroxyl groups is 2. The van der Waals surface area contributed by atoms with Crippen LogP contribution in [0.15, 0.2) is 158 Å². The van der Waals surface area contributed by atoms with Gasteiger partial charge in [0.1, 0.15) is 25.4 Å². The van der Waals surface area contributed by atoms with E-state index < -0.39 is 91.5 Å². The van der Waals surface area contributed by atoms with Crippen molar-refractivity contribution < 1.29 is 75.8 Å². The van der Waals surface area contributed by atoms with Gasteiger partial charge in [0.2, 0.25) is 0 Å². The lowest BCUT2D eigenvalue weighted by Crippen LogP contribution is -2.30. The van der Waals surface area contributed by atoms with Crippen molar-refractivity contribution in [2.24, 2.45) is 0 Å². The van der Waals surface area contributed by atoms with E-state index >= 15 is 0 Å². The van der Waals surface area contributed by atoms with E-state index in [0.717, 1.165) is 161 Å². The van der Waals surface area contributed by atoms with Crippen LogP contribution >= 0.6 is 15.6 Å². The number of phosphoric ester groups is 2. The SMILES string of the molecule is CC/C=C\C/C=C\C/C=C\C/C=C\C/C=C\C/C=C\CCCCC(=O)OCC(COP(=O)(O)OCC(O)COP(=O)(O)OCC(O)COC(=O)CCCCCCCCCCC/C=C\C/C=C\C/C=C\C/C=C\C/C=C\CC)OC(=O)CCCCCCC/C=C\C/C=C\CCCCC. The molecule has 0 radical (unpaired) electrons. The molecule has 0 heterocycles. The van der Waals surface area contributed by atoms with Crippen LogP contribution in [0.4, 0.5) is 0 Å². The van der Waals surface area contributed by atoms with Crippen molar-refractivity contribution in [1.29, 1.82) is 0 Å². The molecule has 0 aliphatic rings. The van der Waals surface area contributed by atoms with Crippen LogP contribution in [0.25, 0.3) is 0 Å². The molecule has 16 nitrogen and oxygen atoms in total. The molecule has 0 aromatic carbocycles. The average molecular weight is 1400 g/mol. The minimum absolute atomic E-state index is 0.0733. The van der Waals surface area contributed by atoms with Crippen LogP contribution in [0.2, 0.25) is 0 Å². The standard InChI is InChI=1S/C79H130O16P2/c1-4-7-10-13-16-19-22-25-28-30-32-34-35-36-37-39-41-42-45-47-50-53-56-59-62-65-77(82)89-68-74(80)69-91-96(85,86)92-70-75(81)71-93-97(87,88)94-73-76(95-79(84)67-64-61-58-55-52-49-44-27-24-21-18-15-12-9-6-3)72-90-78(83)66-63-60-57-54-51-48-46-43-40-38-33-31-29-26-23-20-17-14-11-8-5-2/h7-8,10-11,16-21,25-29,32-34,36-38,43-44,46,51,54,74-76,80-81H,4-6,9,12-15,22-24,30-31,35,39-42,45,47-50,52-53,55-73H2,1-3H3,(H,85,86)(H,87,88)/b10-7-,11-8-,19-16-,20-17-,21-18-,28-25-,29-26-,34-32-,37-36-,38-33-,44-27-,46-43-,54-51-. The number of esters is 3. The van der Waals surface area contributed by atoms with Crippen LogP contribution in [0.5, 0.6) is 0 Å². The van der Waals surface area contributed by atoms with Gasteiger partial charge in [-0.2, -0.15) is 0 Å². The first kappa shape index (κ1) is 92.2. The predicted molar refractivity (Wildman–Crippen MR) is 399 cm³/mol. The van der Waals surface area contributed by atoms with E-state index in [-0.39, 0.29) is 19.3 Å². The quantitative estimate of drug-likeness (QED) is 0.0146. The first-order chi connectivity index (χ1) is 47.2. The number of ether oxygens (including phenoxy) is 3. The van der Waals surface area contributed by atoms with Crippen molar-refractivity contribution in [2.75, 3.05) is 39.6 Å². The van der Waals surface area contributed by atoms with Crippen LogP contribution in [0.3, 0.4) is 0 Å². The third-order valence-corrected chi connectivity index (χ3v) is 16.6. The zero-order valence-corrected chi connectivity index (χ0v) is 61.7. The molecule has 0 aliphatic carbocycles. The van der Waals surface area contributed by atoms with Crippen molar-refractivity contribution in [3.8, 4) is 0 Å². The monoisotopic (exact) mass is 1400 g/mol. The molecule has 0 fully saturated rings. The number of carbonyl (C=O) groups excluding carboxylic acids is 3. The molecular formula is C79H130O16P2. The summed E-state index contributed by atoms with van der Waals surface area (Å²) in [5, 5.41) is 20.6. The molecule has 18 heteroatoms. The fourth-order valence-corrected chi connectivity index (χ4v) is 10.7. The highest BCUT2D eigenvalue weighted by Crippen LogP contribution is 2.45. The Bertz CT molecular complexity index is 2400. The topological polar surface area (TPSA) is 231 Å². The number of carbonyl (C=O) groups is 3. The molecule has 552 valence electrons. The molecule has 0 spiro atoms. The molecule has 5 unspecified atom stereocenters. The lowest BCUT2D eigenvalue weighted by Gasteiger charge is -2.21. The van der Waals surface area contributed by atoms with Crippen molar-refractivity contribution in [1.82, 2.24) is 0 Å². The number of hydrogen-bond acceptors (Lipinski definition) is 14. The summed E-state index contributed by atoms with van der Waals surface area (Å²) in [5.41, 5.74) is 0. The van der Waals surface area contributed by atoms with Gasteiger partial charge in [-0.1, -0.05) is 256 Å². The minimum atomic E-state index is -4.95. The number of phosphoric acid groups is 2. The number of rotatable bonds is 68. The summed E-state index contributed by atoms with van der Waals surface area (Å²) >= 11 is 0. The van der Waals surface area contributed by atoms with E-state index in [9.17, 15) is 43.5 Å². The summed E-state index contributed by atoms with van der Waals surface area (Å²) in [6, 6.07) is 0. The normalized spacial score (nSPS) is 15.0. The molecule has 0 rings (SSSR count). The molecule has 0 bridgehead atoms. The molecule has 0 saturated heterocycles. The lowest BCUT2D eigenvalue weighted by molar-refractivity contribution is -0.161. The molecular weight excluding hydrogens is 1270 g/mol. The summed E-state index contributed by atoms with van der Waals surface area (Å²) in [7, 11) is -9.81. The van der Waals surface area contributed by atoms with Crippen LogP contribution in [0, 0.1) is 0 Å². The molecule has 0 aliphatic heterocycles. The summed E-state index contributed by atoms with van der Waals surface area (Å²) in [4.78, 5) is 58.5. The van der Waals surface area contributed by atoms with E-state index in [0.29, 0.717) is 19.3 Å². The van der Waals surface area contributed by atoms with E-state index in [1.807, 2.05) is 0 Å². The Morgan fingerprint density at radius 2 is 0.546 bits per heavy atom. The Balaban J connectivity index is 4.67. The van der Waals surface area contributed by atoms with E-state index in [4.69, 9.17) is 32.3 Å². The van der Waals surface area contributed by atoms with E-state index in [1.165, 1.54) is 44.9 Å². The molecule has 4 N–H and O–H groups in total. The van der Waals surface area contributed by atoms with Crippen molar-refractivity contribution in [3.05, 3.63) is 158 Å². The van der Waals surface area contributed by atoms with Gasteiger partial charge >= 0.3 is 33.6 Å². The molecule has 0 amide bonds. The average Bonchev–Trinajstić information content (AvgIpc) is 2.08. The number of allylic oxidation sites excluding steroid dienone is 26. The Hall–Kier alpha value is -4.83. The van der Waals surface area contributed by atoms with Gasteiger partial charge in [0, 0.05) is 19.3 Å². The van der Waals surface area contributed by atoms with Crippen molar-refractivity contribution in [2.45, 2.75) is 283 Å². The maximum Gasteiger partial charge on any atom is 0.472 e. The predicted octanol–water partition coefficient (Wildman–Crippen LogP) is 21.1. The Morgan fingerprint density at radius 3 is 0.887 bits per heavy atom. The second kappa shape index (κ2) is 71.0. The van der Waals surface area contributed by atoms with Gasteiger partial charge in [0.15, 0.2) is 6.10 Å².